The number of nitrogens with zero attached hydrogens (tertiary/aromatic N) is 1. The number of aromatic nitrogens is 1. The van der Waals surface area contributed by atoms with Gasteiger partial charge in [-0.3, -0.25) is 9.78 Å². The molecule has 5 nitrogen and oxygen atoms in total. The van der Waals surface area contributed by atoms with Crippen molar-refractivity contribution in [2.24, 2.45) is 0 Å². The molecular formula is C22H31N3O2. The monoisotopic (exact) mass is 369 g/mol. The largest absolute Gasteiger partial charge is 0.487 e. The first kappa shape index (κ1) is 20.9. The molecule has 2 N–H and O–H groups in total. The van der Waals surface area contributed by atoms with Crippen LogP contribution in [0.1, 0.15) is 50.1 Å². The molecule has 27 heavy (non-hydrogen) atoms. The summed E-state index contributed by atoms with van der Waals surface area (Å²) in [4.78, 5) is 16.5. The molecule has 0 aliphatic rings. The van der Waals surface area contributed by atoms with Gasteiger partial charge in [-0.15, -0.1) is 0 Å². The van der Waals surface area contributed by atoms with Crippen LogP contribution >= 0.6 is 0 Å². The SMILES string of the molecule is Cc1cc(CNC(C)C(=O)NC(C)(C)C)cc(C)c1OCc1ccccn1. The molecule has 1 atom stereocenters. The van der Waals surface area contributed by atoms with E-state index in [4.69, 9.17) is 4.74 Å². The topological polar surface area (TPSA) is 63.2 Å². The highest BCUT2D eigenvalue weighted by molar-refractivity contribution is 5.81. The first-order valence-electron chi connectivity index (χ1n) is 9.34. The predicted octanol–water partition coefficient (Wildman–Crippen LogP) is 3.67. The molecule has 1 aromatic carbocycles. The maximum absolute atomic E-state index is 12.2. The maximum Gasteiger partial charge on any atom is 0.237 e. The lowest BCUT2D eigenvalue weighted by atomic mass is 10.0. The van der Waals surface area contributed by atoms with Gasteiger partial charge < -0.3 is 15.4 Å². The summed E-state index contributed by atoms with van der Waals surface area (Å²) in [5, 5.41) is 6.28. The smallest absolute Gasteiger partial charge is 0.237 e. The number of pyridine rings is 1. The lowest BCUT2D eigenvalue weighted by Gasteiger charge is -2.24. The van der Waals surface area contributed by atoms with Crippen molar-refractivity contribution >= 4 is 5.91 Å². The van der Waals surface area contributed by atoms with Crippen molar-refractivity contribution in [1.29, 1.82) is 0 Å². The van der Waals surface area contributed by atoms with Crippen LogP contribution in [0.2, 0.25) is 0 Å². The molecule has 2 aromatic rings. The molecule has 2 rings (SSSR count). The Morgan fingerprint density at radius 1 is 1.19 bits per heavy atom. The number of ether oxygens (including phenoxy) is 1. The van der Waals surface area contributed by atoms with E-state index in [0.29, 0.717) is 13.2 Å². The normalized spacial score (nSPS) is 12.5. The highest BCUT2D eigenvalue weighted by Crippen LogP contribution is 2.25. The first-order valence-corrected chi connectivity index (χ1v) is 9.34. The van der Waals surface area contributed by atoms with Gasteiger partial charge in [0, 0.05) is 18.3 Å². The molecule has 0 aliphatic heterocycles. The second-order valence-corrected chi connectivity index (χ2v) is 8.01. The van der Waals surface area contributed by atoms with Crippen molar-refractivity contribution < 1.29 is 9.53 Å². The summed E-state index contributed by atoms with van der Waals surface area (Å²) in [5.41, 5.74) is 3.96. The van der Waals surface area contributed by atoms with Gasteiger partial charge in [0.15, 0.2) is 0 Å². The minimum Gasteiger partial charge on any atom is -0.487 e. The van der Waals surface area contributed by atoms with Gasteiger partial charge in [0.05, 0.1) is 11.7 Å². The number of aryl methyl sites for hydroxylation is 2. The Morgan fingerprint density at radius 3 is 2.41 bits per heavy atom. The van der Waals surface area contributed by atoms with Crippen molar-refractivity contribution in [3.8, 4) is 5.75 Å². The molecule has 0 aliphatic carbocycles. The van der Waals surface area contributed by atoms with Crippen molar-refractivity contribution in [1.82, 2.24) is 15.6 Å². The standard InChI is InChI=1S/C22H31N3O2/c1-15-11-18(13-24-17(3)21(26)25-22(4,5)6)12-16(2)20(15)27-14-19-9-7-8-10-23-19/h7-12,17,24H,13-14H2,1-6H3,(H,25,26). The third kappa shape index (κ3) is 6.68. The second kappa shape index (κ2) is 9.00. The van der Waals surface area contributed by atoms with E-state index < -0.39 is 0 Å². The quantitative estimate of drug-likeness (QED) is 0.782. The number of benzene rings is 1. The molecule has 0 fully saturated rings. The summed E-state index contributed by atoms with van der Waals surface area (Å²) in [6, 6.07) is 9.74. The Bertz CT molecular complexity index is 744. The number of carbonyl (C=O) groups is 1. The lowest BCUT2D eigenvalue weighted by Crippen LogP contribution is -2.49. The number of rotatable bonds is 7. The van der Waals surface area contributed by atoms with Crippen molar-refractivity contribution in [3.63, 3.8) is 0 Å². The highest BCUT2D eigenvalue weighted by Gasteiger charge is 2.19. The molecule has 1 amide bonds. The van der Waals surface area contributed by atoms with Gasteiger partial charge in [0.1, 0.15) is 12.4 Å². The van der Waals surface area contributed by atoms with Crippen LogP contribution in [-0.4, -0.2) is 22.5 Å². The summed E-state index contributed by atoms with van der Waals surface area (Å²) in [6.07, 6.45) is 1.77. The van der Waals surface area contributed by atoms with E-state index in [9.17, 15) is 4.79 Å². The molecule has 1 heterocycles. The van der Waals surface area contributed by atoms with Gasteiger partial charge in [-0.1, -0.05) is 18.2 Å². The Morgan fingerprint density at radius 2 is 1.85 bits per heavy atom. The van der Waals surface area contributed by atoms with Gasteiger partial charge >= 0.3 is 0 Å². The van der Waals surface area contributed by atoms with Crippen molar-refractivity contribution in [3.05, 3.63) is 58.9 Å². The number of hydrogen-bond donors (Lipinski definition) is 2. The fourth-order valence-electron chi connectivity index (χ4n) is 2.84. The summed E-state index contributed by atoms with van der Waals surface area (Å²) >= 11 is 0. The highest BCUT2D eigenvalue weighted by atomic mass is 16.5. The van der Waals surface area contributed by atoms with Crippen LogP contribution in [0, 0.1) is 13.8 Å². The Balaban J connectivity index is 1.96. The molecule has 0 saturated carbocycles. The Labute approximate surface area is 162 Å². The van der Waals surface area contributed by atoms with Crippen LogP contribution in [0.4, 0.5) is 0 Å². The van der Waals surface area contributed by atoms with E-state index in [1.807, 2.05) is 59.7 Å². The van der Waals surface area contributed by atoms with Crippen LogP contribution in [0.5, 0.6) is 5.75 Å². The predicted molar refractivity (Wildman–Crippen MR) is 109 cm³/mol. The average molecular weight is 370 g/mol. The Kier molecular flexibility index (Phi) is 6.97. The maximum atomic E-state index is 12.2. The van der Waals surface area contributed by atoms with Gasteiger partial charge in [0.2, 0.25) is 5.91 Å². The summed E-state index contributed by atoms with van der Waals surface area (Å²) in [5.74, 6) is 0.897. The van der Waals surface area contributed by atoms with Crippen LogP contribution < -0.4 is 15.4 Å². The first-order chi connectivity index (χ1) is 12.7. The summed E-state index contributed by atoms with van der Waals surface area (Å²) < 4.78 is 5.98. The zero-order valence-electron chi connectivity index (χ0n) is 17.2. The second-order valence-electron chi connectivity index (χ2n) is 8.01. The van der Waals surface area contributed by atoms with Gasteiger partial charge in [0.25, 0.3) is 0 Å². The molecule has 146 valence electrons. The third-order valence-electron chi connectivity index (χ3n) is 4.11. The van der Waals surface area contributed by atoms with Crippen LogP contribution in [-0.2, 0) is 17.9 Å². The zero-order chi connectivity index (χ0) is 20.0. The average Bonchev–Trinajstić information content (AvgIpc) is 2.58. The molecule has 0 radical (unpaired) electrons. The minimum atomic E-state index is -0.259. The van der Waals surface area contributed by atoms with Crippen LogP contribution in [0.15, 0.2) is 36.5 Å². The van der Waals surface area contributed by atoms with Crippen LogP contribution in [0.3, 0.4) is 0 Å². The molecule has 1 unspecified atom stereocenters. The molecule has 0 spiro atoms. The van der Waals surface area contributed by atoms with E-state index in [1.165, 1.54) is 0 Å². The fourth-order valence-corrected chi connectivity index (χ4v) is 2.84. The fraction of sp³-hybridized carbons (Fsp3) is 0.455. The molecule has 0 saturated heterocycles. The van der Waals surface area contributed by atoms with Gasteiger partial charge in [-0.05, 0) is 70.4 Å². The molecule has 0 bridgehead atoms. The number of hydrogen-bond acceptors (Lipinski definition) is 4. The van der Waals surface area contributed by atoms with E-state index in [2.05, 4.69) is 27.8 Å². The zero-order valence-corrected chi connectivity index (χ0v) is 17.2. The molecule has 5 heteroatoms. The van der Waals surface area contributed by atoms with Gasteiger partial charge in [-0.2, -0.15) is 0 Å². The number of nitrogens with one attached hydrogen (secondary N) is 2. The molecule has 1 aromatic heterocycles. The lowest BCUT2D eigenvalue weighted by molar-refractivity contribution is -0.124. The van der Waals surface area contributed by atoms with Gasteiger partial charge in [-0.25, -0.2) is 0 Å². The summed E-state index contributed by atoms with van der Waals surface area (Å²) in [7, 11) is 0. The minimum absolute atomic E-state index is 0.00579. The van der Waals surface area contributed by atoms with E-state index >= 15 is 0 Å². The van der Waals surface area contributed by atoms with Crippen molar-refractivity contribution in [2.45, 2.75) is 66.3 Å². The number of carbonyl (C=O) groups excluding carboxylic acids is 1. The number of amides is 1. The Hall–Kier alpha value is -2.40. The molecular weight excluding hydrogens is 338 g/mol. The van der Waals surface area contributed by atoms with E-state index in [0.717, 1.165) is 28.1 Å². The van der Waals surface area contributed by atoms with E-state index in [-0.39, 0.29) is 17.5 Å². The third-order valence-corrected chi connectivity index (χ3v) is 4.11. The van der Waals surface area contributed by atoms with Crippen molar-refractivity contribution in [2.75, 3.05) is 0 Å². The van der Waals surface area contributed by atoms with E-state index in [1.54, 1.807) is 6.20 Å². The summed E-state index contributed by atoms with van der Waals surface area (Å²) in [6.45, 7) is 13.0. The van der Waals surface area contributed by atoms with Crippen LogP contribution in [0.25, 0.3) is 0 Å².